The molecule has 0 aromatic carbocycles. The topological polar surface area (TPSA) is 16.1 Å². The number of alkyl halides is 1. The molecule has 0 spiro atoms. The molecular weight excluding hydrogens is 232 g/mol. The molecule has 2 saturated carbocycles. The van der Waals surface area contributed by atoms with Crippen LogP contribution in [0.15, 0.2) is 18.3 Å². The van der Waals surface area contributed by atoms with E-state index >= 15 is 0 Å². The highest BCUT2D eigenvalue weighted by atomic mass is 35.5. The van der Waals surface area contributed by atoms with Crippen LogP contribution in [-0.4, -0.2) is 18.1 Å². The predicted molar refractivity (Wildman–Crippen MR) is 71.5 cm³/mol. The van der Waals surface area contributed by atoms with E-state index in [1.807, 2.05) is 6.20 Å². The van der Waals surface area contributed by atoms with Crippen molar-refractivity contribution < 1.29 is 0 Å². The first-order valence-corrected chi connectivity index (χ1v) is 7.14. The minimum atomic E-state index is 0.554. The summed E-state index contributed by atoms with van der Waals surface area (Å²) in [6.45, 7) is 2.40. The summed E-state index contributed by atoms with van der Waals surface area (Å²) in [6.07, 6.45) is 7.53. The molecule has 0 atom stereocenters. The lowest BCUT2D eigenvalue weighted by molar-refractivity contribution is 0.671. The van der Waals surface area contributed by atoms with Crippen LogP contribution in [0, 0.1) is 11.8 Å². The van der Waals surface area contributed by atoms with E-state index in [4.69, 9.17) is 11.6 Å². The van der Waals surface area contributed by atoms with E-state index in [0.29, 0.717) is 5.88 Å². The largest absolute Gasteiger partial charge is 0.356 e. The van der Waals surface area contributed by atoms with Gasteiger partial charge in [-0.25, -0.2) is 4.98 Å². The maximum Gasteiger partial charge on any atom is 0.128 e. The summed E-state index contributed by atoms with van der Waals surface area (Å²) in [7, 11) is 0. The summed E-state index contributed by atoms with van der Waals surface area (Å²) in [5.41, 5.74) is 1.10. The summed E-state index contributed by atoms with van der Waals surface area (Å²) in [4.78, 5) is 7.03. The molecule has 3 rings (SSSR count). The number of anilines is 1. The third-order valence-electron chi connectivity index (χ3n) is 3.64. The third kappa shape index (κ3) is 3.12. The second kappa shape index (κ2) is 4.85. The average molecular weight is 251 g/mol. The molecule has 1 aromatic heterocycles. The lowest BCUT2D eigenvalue weighted by atomic mass is 10.2. The Hall–Kier alpha value is -0.760. The van der Waals surface area contributed by atoms with Crippen molar-refractivity contribution in [3.63, 3.8) is 0 Å². The second-order valence-electron chi connectivity index (χ2n) is 5.45. The van der Waals surface area contributed by atoms with Gasteiger partial charge in [0.25, 0.3) is 0 Å². The van der Waals surface area contributed by atoms with Gasteiger partial charge in [-0.05, 0) is 49.1 Å². The van der Waals surface area contributed by atoms with Gasteiger partial charge in [-0.3, -0.25) is 0 Å². The van der Waals surface area contributed by atoms with Gasteiger partial charge < -0.3 is 4.90 Å². The second-order valence-corrected chi connectivity index (χ2v) is 5.72. The number of aromatic nitrogens is 1. The molecule has 2 aliphatic carbocycles. The fraction of sp³-hybridized carbons (Fsp3) is 0.643. The normalized spacial score (nSPS) is 19.4. The summed E-state index contributed by atoms with van der Waals surface area (Å²) < 4.78 is 0. The molecule has 1 heterocycles. The quantitative estimate of drug-likeness (QED) is 0.719. The molecule has 17 heavy (non-hydrogen) atoms. The number of nitrogens with zero attached hydrogens (tertiary/aromatic N) is 2. The van der Waals surface area contributed by atoms with Crippen molar-refractivity contribution in [1.29, 1.82) is 0 Å². The van der Waals surface area contributed by atoms with Crippen LogP contribution in [0.1, 0.15) is 31.2 Å². The van der Waals surface area contributed by atoms with Crippen molar-refractivity contribution in [1.82, 2.24) is 4.98 Å². The molecule has 2 fully saturated rings. The Labute approximate surface area is 108 Å². The fourth-order valence-electron chi connectivity index (χ4n) is 2.17. The number of rotatable bonds is 6. The molecule has 0 amide bonds. The highest BCUT2D eigenvalue weighted by molar-refractivity contribution is 6.17. The average Bonchev–Trinajstić information content (AvgIpc) is 3.23. The lowest BCUT2D eigenvalue weighted by Gasteiger charge is -2.23. The van der Waals surface area contributed by atoms with E-state index < -0.39 is 0 Å². The molecule has 1 aromatic rings. The molecule has 0 aliphatic heterocycles. The highest BCUT2D eigenvalue weighted by Crippen LogP contribution is 2.35. The number of hydrogen-bond acceptors (Lipinski definition) is 2. The van der Waals surface area contributed by atoms with E-state index in [2.05, 4.69) is 22.0 Å². The summed E-state index contributed by atoms with van der Waals surface area (Å²) in [5, 5.41) is 0. The third-order valence-corrected chi connectivity index (χ3v) is 3.95. The van der Waals surface area contributed by atoms with E-state index in [1.54, 1.807) is 0 Å². The van der Waals surface area contributed by atoms with Crippen LogP contribution in [0.3, 0.4) is 0 Å². The van der Waals surface area contributed by atoms with Crippen molar-refractivity contribution in [2.75, 3.05) is 18.0 Å². The Morgan fingerprint density at radius 1 is 1.12 bits per heavy atom. The highest BCUT2D eigenvalue weighted by Gasteiger charge is 2.29. The fourth-order valence-corrected chi connectivity index (χ4v) is 2.33. The smallest absolute Gasteiger partial charge is 0.128 e. The van der Waals surface area contributed by atoms with Crippen LogP contribution < -0.4 is 4.90 Å². The Kier molecular flexibility index (Phi) is 3.24. The van der Waals surface area contributed by atoms with Crippen molar-refractivity contribution in [2.24, 2.45) is 11.8 Å². The van der Waals surface area contributed by atoms with Crippen molar-refractivity contribution >= 4 is 17.4 Å². The van der Waals surface area contributed by atoms with Crippen LogP contribution in [0.4, 0.5) is 5.82 Å². The maximum absolute atomic E-state index is 5.79. The van der Waals surface area contributed by atoms with Crippen LogP contribution >= 0.6 is 11.6 Å². The van der Waals surface area contributed by atoms with Gasteiger partial charge in [0.15, 0.2) is 0 Å². The van der Waals surface area contributed by atoms with Gasteiger partial charge in [-0.15, -0.1) is 11.6 Å². The minimum absolute atomic E-state index is 0.554. The van der Waals surface area contributed by atoms with Gasteiger partial charge in [-0.2, -0.15) is 0 Å². The van der Waals surface area contributed by atoms with Crippen LogP contribution in [-0.2, 0) is 5.88 Å². The van der Waals surface area contributed by atoms with Gasteiger partial charge >= 0.3 is 0 Å². The first kappa shape index (κ1) is 11.3. The Morgan fingerprint density at radius 3 is 2.18 bits per heavy atom. The first-order chi connectivity index (χ1) is 8.35. The van der Waals surface area contributed by atoms with Crippen molar-refractivity contribution in [2.45, 2.75) is 31.6 Å². The SMILES string of the molecule is ClCc1ccc(N(CC2CC2)CC2CC2)nc1. The van der Waals surface area contributed by atoms with Crippen LogP contribution in [0.25, 0.3) is 0 Å². The van der Waals surface area contributed by atoms with Gasteiger partial charge in [0.2, 0.25) is 0 Å². The van der Waals surface area contributed by atoms with E-state index in [1.165, 1.54) is 38.8 Å². The van der Waals surface area contributed by atoms with E-state index in [9.17, 15) is 0 Å². The number of halogens is 1. The molecule has 0 saturated heterocycles. The summed E-state index contributed by atoms with van der Waals surface area (Å²) in [6, 6.07) is 4.23. The Morgan fingerprint density at radius 2 is 1.76 bits per heavy atom. The predicted octanol–water partition coefficient (Wildman–Crippen LogP) is 3.45. The molecule has 0 radical (unpaired) electrons. The Balaban J connectivity index is 1.69. The molecular formula is C14H19ClN2. The molecule has 92 valence electrons. The van der Waals surface area contributed by atoms with Gasteiger partial charge in [0.05, 0.1) is 0 Å². The van der Waals surface area contributed by atoms with Gasteiger partial charge in [-0.1, -0.05) is 6.07 Å². The Bertz CT molecular complexity index is 354. The van der Waals surface area contributed by atoms with Crippen LogP contribution in [0.5, 0.6) is 0 Å². The molecule has 2 nitrogen and oxygen atoms in total. The summed E-state index contributed by atoms with van der Waals surface area (Å²) >= 11 is 5.79. The van der Waals surface area contributed by atoms with Crippen LogP contribution in [0.2, 0.25) is 0 Å². The molecule has 0 N–H and O–H groups in total. The van der Waals surface area contributed by atoms with Crippen molar-refractivity contribution in [3.05, 3.63) is 23.9 Å². The molecule has 0 unspecified atom stereocenters. The zero-order valence-electron chi connectivity index (χ0n) is 10.1. The monoisotopic (exact) mass is 250 g/mol. The zero-order valence-corrected chi connectivity index (χ0v) is 10.9. The van der Waals surface area contributed by atoms with E-state index in [-0.39, 0.29) is 0 Å². The maximum atomic E-state index is 5.79. The zero-order chi connectivity index (χ0) is 11.7. The van der Waals surface area contributed by atoms with E-state index in [0.717, 1.165) is 23.2 Å². The van der Waals surface area contributed by atoms with Crippen molar-refractivity contribution in [3.8, 4) is 0 Å². The van der Waals surface area contributed by atoms with Gasteiger partial charge in [0.1, 0.15) is 5.82 Å². The summed E-state index contributed by atoms with van der Waals surface area (Å²) in [5.74, 6) is 3.53. The van der Waals surface area contributed by atoms with Gasteiger partial charge in [0, 0.05) is 25.2 Å². The first-order valence-electron chi connectivity index (χ1n) is 6.61. The molecule has 0 bridgehead atoms. The lowest BCUT2D eigenvalue weighted by Crippen LogP contribution is -2.28. The standard InChI is InChI=1S/C14H19ClN2/c15-7-13-5-6-14(16-8-13)17(9-11-1-2-11)10-12-3-4-12/h5-6,8,11-12H,1-4,7,9-10H2. The number of hydrogen-bond donors (Lipinski definition) is 0. The molecule has 2 aliphatic rings. The molecule has 3 heteroatoms. The number of pyridine rings is 1. The minimum Gasteiger partial charge on any atom is -0.356 e.